The van der Waals surface area contributed by atoms with Crippen LogP contribution >= 0.6 is 0 Å². The largest absolute Gasteiger partial charge is 0.497 e. The Labute approximate surface area is 195 Å². The zero-order valence-corrected chi connectivity index (χ0v) is 21.1. The number of ether oxygens (including phenoxy) is 4. The SMILES string of the molecule is CC.CC/C(=C\c1ccc(OCC2CC3CC2C(C)O3)cc1CC)OCC1(CC)COC1. The summed E-state index contributed by atoms with van der Waals surface area (Å²) in [6.07, 6.45) is 8.40. The molecule has 0 aromatic heterocycles. The monoisotopic (exact) mass is 444 g/mol. The maximum Gasteiger partial charge on any atom is 0.119 e. The van der Waals surface area contributed by atoms with Crippen molar-refractivity contribution in [3.63, 3.8) is 0 Å². The highest BCUT2D eigenvalue weighted by molar-refractivity contribution is 5.57. The van der Waals surface area contributed by atoms with E-state index in [2.05, 4.69) is 52.0 Å². The molecule has 4 rings (SSSR count). The van der Waals surface area contributed by atoms with Gasteiger partial charge in [-0.05, 0) is 67.9 Å². The number of aryl methyl sites for hydroxylation is 1. The standard InChI is InChI=1S/C26H38O4.C2H6/c1-5-19-10-23(28-14-21-12-24-13-25(21)18(4)30-24)9-8-20(19)11-22(6-2)29-17-26(7-3)15-27-16-26;1-2/h8-11,18,21,24-25H,5-7,12-17H2,1-4H3;1-2H3/b22-11+;. The molecule has 2 saturated heterocycles. The first-order valence-electron chi connectivity index (χ1n) is 12.9. The van der Waals surface area contributed by atoms with Gasteiger partial charge in [-0.2, -0.15) is 0 Å². The Morgan fingerprint density at radius 2 is 1.94 bits per heavy atom. The molecule has 4 heteroatoms. The van der Waals surface area contributed by atoms with Crippen molar-refractivity contribution in [2.75, 3.05) is 26.4 Å². The lowest BCUT2D eigenvalue weighted by atomic mass is 9.84. The molecule has 1 aliphatic carbocycles. The molecule has 0 spiro atoms. The summed E-state index contributed by atoms with van der Waals surface area (Å²) in [5, 5.41) is 0. The summed E-state index contributed by atoms with van der Waals surface area (Å²) in [5.74, 6) is 3.33. The smallest absolute Gasteiger partial charge is 0.119 e. The van der Waals surface area contributed by atoms with E-state index in [-0.39, 0.29) is 5.41 Å². The molecule has 0 amide bonds. The molecule has 2 bridgehead atoms. The van der Waals surface area contributed by atoms with E-state index in [0.29, 0.717) is 24.0 Å². The van der Waals surface area contributed by atoms with Crippen LogP contribution in [0.3, 0.4) is 0 Å². The highest BCUT2D eigenvalue weighted by Crippen LogP contribution is 2.44. The molecule has 1 saturated carbocycles. The Morgan fingerprint density at radius 3 is 2.50 bits per heavy atom. The fourth-order valence-electron chi connectivity index (χ4n) is 5.15. The molecule has 4 nitrogen and oxygen atoms in total. The Hall–Kier alpha value is -1.52. The molecule has 0 N–H and O–H groups in total. The fraction of sp³-hybridized carbons (Fsp3) is 0.714. The Kier molecular flexibility index (Phi) is 9.07. The second kappa shape index (κ2) is 11.6. The van der Waals surface area contributed by atoms with E-state index in [4.69, 9.17) is 18.9 Å². The van der Waals surface area contributed by atoms with Gasteiger partial charge in [0.05, 0.1) is 49.8 Å². The Morgan fingerprint density at radius 1 is 1.16 bits per heavy atom. The van der Waals surface area contributed by atoms with Crippen LogP contribution in [0.2, 0.25) is 0 Å². The summed E-state index contributed by atoms with van der Waals surface area (Å²) in [5.41, 5.74) is 2.75. The minimum atomic E-state index is 0.210. The highest BCUT2D eigenvalue weighted by atomic mass is 16.5. The Balaban J connectivity index is 0.00000141. The predicted octanol–water partition coefficient (Wildman–Crippen LogP) is 6.66. The van der Waals surface area contributed by atoms with E-state index >= 15 is 0 Å². The first-order chi connectivity index (χ1) is 15.6. The molecular weight excluding hydrogens is 400 g/mol. The molecule has 3 aliphatic rings. The van der Waals surface area contributed by atoms with Gasteiger partial charge < -0.3 is 18.9 Å². The summed E-state index contributed by atoms with van der Waals surface area (Å²) >= 11 is 0. The third kappa shape index (κ3) is 5.69. The zero-order chi connectivity index (χ0) is 23.1. The van der Waals surface area contributed by atoms with E-state index in [1.165, 1.54) is 17.5 Å². The molecule has 0 radical (unpaired) electrons. The molecule has 2 heterocycles. The van der Waals surface area contributed by atoms with Gasteiger partial charge in [-0.3, -0.25) is 0 Å². The molecule has 4 unspecified atom stereocenters. The van der Waals surface area contributed by atoms with Crippen molar-refractivity contribution >= 4 is 6.08 Å². The number of benzene rings is 1. The molecule has 1 aromatic rings. The van der Waals surface area contributed by atoms with Crippen LogP contribution in [0.1, 0.15) is 78.4 Å². The molecule has 4 atom stereocenters. The van der Waals surface area contributed by atoms with Crippen LogP contribution in [0, 0.1) is 17.3 Å². The molecule has 180 valence electrons. The number of rotatable bonds is 10. The van der Waals surface area contributed by atoms with Crippen molar-refractivity contribution in [2.45, 2.75) is 85.9 Å². The minimum absolute atomic E-state index is 0.210. The van der Waals surface area contributed by atoms with Crippen LogP contribution in [0.4, 0.5) is 0 Å². The zero-order valence-electron chi connectivity index (χ0n) is 21.1. The van der Waals surface area contributed by atoms with Gasteiger partial charge in [-0.25, -0.2) is 0 Å². The van der Waals surface area contributed by atoms with Gasteiger partial charge in [0.15, 0.2) is 0 Å². The summed E-state index contributed by atoms with van der Waals surface area (Å²) in [6, 6.07) is 6.50. The third-order valence-corrected chi connectivity index (χ3v) is 7.47. The molecule has 1 aromatic carbocycles. The van der Waals surface area contributed by atoms with Gasteiger partial charge >= 0.3 is 0 Å². The topological polar surface area (TPSA) is 36.9 Å². The predicted molar refractivity (Wildman–Crippen MR) is 131 cm³/mol. The van der Waals surface area contributed by atoms with Crippen molar-refractivity contribution in [2.24, 2.45) is 17.3 Å². The first-order valence-corrected chi connectivity index (χ1v) is 12.9. The summed E-state index contributed by atoms with van der Waals surface area (Å²) in [4.78, 5) is 0. The maximum absolute atomic E-state index is 6.23. The fourth-order valence-corrected chi connectivity index (χ4v) is 5.15. The van der Waals surface area contributed by atoms with E-state index in [1.807, 2.05) is 13.8 Å². The summed E-state index contributed by atoms with van der Waals surface area (Å²) in [7, 11) is 0. The van der Waals surface area contributed by atoms with Crippen molar-refractivity contribution < 1.29 is 18.9 Å². The number of fused-ring (bicyclic) bond motifs is 2. The van der Waals surface area contributed by atoms with Crippen molar-refractivity contribution in [1.29, 1.82) is 0 Å². The summed E-state index contributed by atoms with van der Waals surface area (Å²) < 4.78 is 23.8. The van der Waals surface area contributed by atoms with Crippen molar-refractivity contribution in [3.8, 4) is 5.75 Å². The molecule has 3 fully saturated rings. The normalized spacial score (nSPS) is 28.0. The van der Waals surface area contributed by atoms with Crippen LogP contribution in [-0.4, -0.2) is 38.6 Å². The lowest BCUT2D eigenvalue weighted by Gasteiger charge is -2.40. The van der Waals surface area contributed by atoms with E-state index in [1.54, 1.807) is 0 Å². The quantitative estimate of drug-likeness (QED) is 0.378. The highest BCUT2D eigenvalue weighted by Gasteiger charge is 2.45. The second-order valence-corrected chi connectivity index (χ2v) is 9.48. The van der Waals surface area contributed by atoms with E-state index < -0.39 is 0 Å². The lowest BCUT2D eigenvalue weighted by molar-refractivity contribution is -0.142. The van der Waals surface area contributed by atoms with Gasteiger partial charge in [-0.1, -0.05) is 40.7 Å². The maximum atomic E-state index is 6.23. The van der Waals surface area contributed by atoms with E-state index in [9.17, 15) is 0 Å². The Bertz CT molecular complexity index is 746. The number of hydrogen-bond acceptors (Lipinski definition) is 4. The van der Waals surface area contributed by atoms with Crippen molar-refractivity contribution in [3.05, 3.63) is 35.1 Å². The average molecular weight is 445 g/mol. The average Bonchev–Trinajstić information content (AvgIpc) is 3.37. The van der Waals surface area contributed by atoms with Crippen LogP contribution < -0.4 is 4.74 Å². The van der Waals surface area contributed by atoms with Crippen molar-refractivity contribution in [1.82, 2.24) is 0 Å². The van der Waals surface area contributed by atoms with Crippen LogP contribution in [0.5, 0.6) is 5.75 Å². The van der Waals surface area contributed by atoms with E-state index in [0.717, 1.165) is 63.6 Å². The van der Waals surface area contributed by atoms with Gasteiger partial charge in [-0.15, -0.1) is 0 Å². The van der Waals surface area contributed by atoms with Crippen LogP contribution in [0.25, 0.3) is 6.08 Å². The van der Waals surface area contributed by atoms with Gasteiger partial charge in [0.1, 0.15) is 5.75 Å². The van der Waals surface area contributed by atoms with Gasteiger partial charge in [0.25, 0.3) is 0 Å². The van der Waals surface area contributed by atoms with Gasteiger partial charge in [0.2, 0.25) is 0 Å². The van der Waals surface area contributed by atoms with Crippen LogP contribution in [-0.2, 0) is 20.6 Å². The first kappa shape index (κ1) is 25.1. The van der Waals surface area contributed by atoms with Crippen LogP contribution in [0.15, 0.2) is 24.0 Å². The summed E-state index contributed by atoms with van der Waals surface area (Å²) in [6.45, 7) is 16.0. The van der Waals surface area contributed by atoms with Gasteiger partial charge in [0, 0.05) is 12.3 Å². The third-order valence-electron chi connectivity index (χ3n) is 7.47. The number of hydrogen-bond donors (Lipinski definition) is 0. The molecular formula is C28H44O4. The molecule has 2 aliphatic heterocycles. The second-order valence-electron chi connectivity index (χ2n) is 9.48. The number of allylic oxidation sites excluding steroid dienone is 1. The molecule has 32 heavy (non-hydrogen) atoms. The lowest BCUT2D eigenvalue weighted by Crippen LogP contribution is -2.45. The minimum Gasteiger partial charge on any atom is -0.497 e.